The van der Waals surface area contributed by atoms with Crippen LogP contribution in [0.25, 0.3) is 0 Å². The van der Waals surface area contributed by atoms with Crippen LogP contribution in [0, 0.1) is 29.6 Å². The summed E-state index contributed by atoms with van der Waals surface area (Å²) in [6.07, 6.45) is 10.9. The molecule has 1 aliphatic heterocycles. The molecule has 0 saturated carbocycles. The Balaban J connectivity index is 2.17. The van der Waals surface area contributed by atoms with Gasteiger partial charge in [0.25, 0.3) is 0 Å². The number of aliphatic hydroxyl groups excluding tert-OH is 1. The van der Waals surface area contributed by atoms with Gasteiger partial charge in [0.15, 0.2) is 0 Å². The van der Waals surface area contributed by atoms with Crippen molar-refractivity contribution in [1.29, 1.82) is 0 Å². The van der Waals surface area contributed by atoms with Crippen LogP contribution in [-0.2, 0) is 23.9 Å². The van der Waals surface area contributed by atoms with Gasteiger partial charge in [0.1, 0.15) is 6.04 Å². The van der Waals surface area contributed by atoms with E-state index >= 15 is 0 Å². The lowest BCUT2D eigenvalue weighted by molar-refractivity contribution is -0.141. The third kappa shape index (κ3) is 13.1. The third-order valence-electron chi connectivity index (χ3n) is 11.5. The molecule has 12 heteroatoms. The van der Waals surface area contributed by atoms with Crippen LogP contribution in [0.4, 0.5) is 0 Å². The molecule has 2 rings (SSSR count). The van der Waals surface area contributed by atoms with Crippen LogP contribution in [0.5, 0.6) is 0 Å². The first-order valence-electron chi connectivity index (χ1n) is 19.8. The second kappa shape index (κ2) is 22.2. The van der Waals surface area contributed by atoms with E-state index < -0.39 is 18.2 Å². The standard InChI is InChI=1S/C41H73N5O6S/c1-14-28(6)32(25-45(11)41(51)36(26(2)3)42-39(49)37(27(4)5)43(8)9)34(52-12)24-35(48)46-21-16-19-33(46)38(53-13)29(7)40(50)44(10)22-20-30-17-15-18-31(47)23-30/h15,17-18,26-29,31-34,36-38,47H,14,16,19-25H2,1-13H3,(H,42,49)/t28-,29+,31?,32?,33?,34+,36-,37-,38+/m0/s1. The third-order valence-corrected chi connectivity index (χ3v) is 12.8. The molecule has 1 aliphatic carbocycles. The highest BCUT2D eigenvalue weighted by atomic mass is 32.2. The Morgan fingerprint density at radius 3 is 2.21 bits per heavy atom. The monoisotopic (exact) mass is 764 g/mol. The molecule has 2 N–H and O–H groups in total. The number of aliphatic hydroxyl groups is 1. The number of likely N-dealkylation sites (N-methyl/N-ethyl adjacent to an activating group) is 2. The zero-order valence-electron chi connectivity index (χ0n) is 35.1. The van der Waals surface area contributed by atoms with Crippen LogP contribution in [-0.4, -0.2) is 145 Å². The minimum Gasteiger partial charge on any atom is -0.389 e. The van der Waals surface area contributed by atoms with E-state index in [-0.39, 0.29) is 77.0 Å². The summed E-state index contributed by atoms with van der Waals surface area (Å²) in [5.74, 6) is -0.502. The molecule has 0 aromatic carbocycles. The fourth-order valence-corrected chi connectivity index (χ4v) is 9.27. The van der Waals surface area contributed by atoms with Crippen LogP contribution in [0.3, 0.4) is 0 Å². The predicted molar refractivity (Wildman–Crippen MR) is 216 cm³/mol. The van der Waals surface area contributed by atoms with Gasteiger partial charge in [-0.25, -0.2) is 0 Å². The highest BCUT2D eigenvalue weighted by Crippen LogP contribution is 2.34. The maximum atomic E-state index is 14.2. The molecule has 53 heavy (non-hydrogen) atoms. The molecule has 1 heterocycles. The molecule has 1 fully saturated rings. The van der Waals surface area contributed by atoms with Gasteiger partial charge in [-0.3, -0.25) is 24.1 Å². The summed E-state index contributed by atoms with van der Waals surface area (Å²) in [7, 11) is 9.01. The van der Waals surface area contributed by atoms with Crippen molar-refractivity contribution < 1.29 is 29.0 Å². The summed E-state index contributed by atoms with van der Waals surface area (Å²) >= 11 is 1.65. The average Bonchev–Trinajstić information content (AvgIpc) is 3.59. The predicted octanol–water partition coefficient (Wildman–Crippen LogP) is 4.69. The molecule has 2 aliphatic rings. The highest BCUT2D eigenvalue weighted by molar-refractivity contribution is 7.99. The minimum absolute atomic E-state index is 0.0141. The van der Waals surface area contributed by atoms with Crippen molar-refractivity contribution in [2.75, 3.05) is 61.2 Å². The first-order chi connectivity index (χ1) is 24.9. The molecule has 0 aromatic rings. The number of amides is 4. The lowest BCUT2D eigenvalue weighted by atomic mass is 9.84. The summed E-state index contributed by atoms with van der Waals surface area (Å²) in [6.45, 7) is 15.7. The van der Waals surface area contributed by atoms with Gasteiger partial charge in [-0.15, -0.1) is 0 Å². The van der Waals surface area contributed by atoms with E-state index in [1.165, 1.54) is 0 Å². The zero-order chi connectivity index (χ0) is 40.2. The number of allylic oxidation sites excluding steroid dienone is 2. The zero-order valence-corrected chi connectivity index (χ0v) is 35.9. The SMILES string of the molecule is CC[C@H](C)C(CN(C)C(=O)[C@@H](NC(=O)[C@H](C(C)C)N(C)C)C(C)C)[C@@H](CC(=O)N1CCCC1[C@H](SC)[C@@H](C)C(=O)N(C)CCC1=CC=CC(O)C1)OC. The Bertz CT molecular complexity index is 1250. The van der Waals surface area contributed by atoms with Gasteiger partial charge in [-0.05, 0) is 63.8 Å². The second-order valence-corrected chi connectivity index (χ2v) is 17.4. The van der Waals surface area contributed by atoms with Gasteiger partial charge >= 0.3 is 0 Å². The number of rotatable bonds is 21. The van der Waals surface area contributed by atoms with Crippen molar-refractivity contribution in [2.24, 2.45) is 29.6 Å². The summed E-state index contributed by atoms with van der Waals surface area (Å²) in [5, 5.41) is 13.0. The van der Waals surface area contributed by atoms with Gasteiger partial charge in [0.05, 0.1) is 24.7 Å². The molecule has 3 unspecified atom stereocenters. The molecule has 0 radical (unpaired) electrons. The topological polar surface area (TPSA) is 123 Å². The molecule has 1 saturated heterocycles. The normalized spacial score (nSPS) is 21.5. The summed E-state index contributed by atoms with van der Waals surface area (Å²) in [5.41, 5.74) is 1.13. The first-order valence-corrected chi connectivity index (χ1v) is 21.0. The van der Waals surface area contributed by atoms with E-state index in [1.54, 1.807) is 41.8 Å². The number of ether oxygens (including phenoxy) is 1. The van der Waals surface area contributed by atoms with Crippen LogP contribution in [0.15, 0.2) is 23.8 Å². The molecule has 0 bridgehead atoms. The minimum atomic E-state index is -0.680. The van der Waals surface area contributed by atoms with E-state index in [2.05, 4.69) is 19.2 Å². The van der Waals surface area contributed by atoms with E-state index in [4.69, 9.17) is 4.74 Å². The van der Waals surface area contributed by atoms with Crippen molar-refractivity contribution >= 4 is 35.4 Å². The lowest BCUT2D eigenvalue weighted by Gasteiger charge is -2.38. The first kappa shape index (κ1) is 46.7. The fraction of sp³-hybridized carbons (Fsp3) is 0.805. The largest absolute Gasteiger partial charge is 0.389 e. The molecule has 9 atom stereocenters. The summed E-state index contributed by atoms with van der Waals surface area (Å²) in [4.78, 5) is 62.5. The quantitative estimate of drug-likeness (QED) is 0.173. The van der Waals surface area contributed by atoms with E-state index in [0.29, 0.717) is 32.5 Å². The molecule has 4 amide bonds. The second-order valence-electron chi connectivity index (χ2n) is 16.4. The Morgan fingerprint density at radius 1 is 1.02 bits per heavy atom. The highest BCUT2D eigenvalue weighted by Gasteiger charge is 2.42. The molecular weight excluding hydrogens is 691 g/mol. The summed E-state index contributed by atoms with van der Waals surface area (Å²) < 4.78 is 6.07. The number of thioether (sulfide) groups is 1. The Labute approximate surface area is 325 Å². The fourth-order valence-electron chi connectivity index (χ4n) is 8.15. The summed E-state index contributed by atoms with van der Waals surface area (Å²) in [6, 6.07) is -1.10. The molecule has 304 valence electrons. The van der Waals surface area contributed by atoms with E-state index in [0.717, 1.165) is 24.8 Å². The molecular formula is C41H73N5O6S. The number of methoxy groups -OCH3 is 1. The maximum Gasteiger partial charge on any atom is 0.245 e. The number of likely N-dealkylation sites (tertiary alicyclic amines) is 1. The van der Waals surface area contributed by atoms with E-state index in [9.17, 15) is 24.3 Å². The Hall–Kier alpha value is -2.41. The number of carbonyl (C=O) groups excluding carboxylic acids is 4. The van der Waals surface area contributed by atoms with Crippen molar-refractivity contribution in [3.05, 3.63) is 23.8 Å². The number of hydrogen-bond donors (Lipinski definition) is 2. The number of hydrogen-bond acceptors (Lipinski definition) is 8. The Morgan fingerprint density at radius 2 is 1.68 bits per heavy atom. The van der Waals surface area contributed by atoms with Gasteiger partial charge < -0.3 is 29.9 Å². The molecule has 0 aromatic heterocycles. The van der Waals surface area contributed by atoms with Crippen LogP contribution >= 0.6 is 11.8 Å². The molecule has 11 nitrogen and oxygen atoms in total. The number of nitrogens with one attached hydrogen (secondary N) is 1. The van der Waals surface area contributed by atoms with Gasteiger partial charge in [0, 0.05) is 64.0 Å². The van der Waals surface area contributed by atoms with Crippen LogP contribution in [0.1, 0.15) is 87.0 Å². The smallest absolute Gasteiger partial charge is 0.245 e. The van der Waals surface area contributed by atoms with Crippen molar-refractivity contribution in [1.82, 2.24) is 24.9 Å². The number of nitrogens with zero attached hydrogens (tertiary/aromatic N) is 4. The molecule has 0 spiro atoms. The van der Waals surface area contributed by atoms with Crippen LogP contribution < -0.4 is 5.32 Å². The van der Waals surface area contributed by atoms with Gasteiger partial charge in [-0.1, -0.05) is 78.7 Å². The number of carbonyl (C=O) groups is 4. The lowest BCUT2D eigenvalue weighted by Crippen LogP contribution is -2.56. The van der Waals surface area contributed by atoms with Crippen molar-refractivity contribution in [3.63, 3.8) is 0 Å². The van der Waals surface area contributed by atoms with Crippen molar-refractivity contribution in [3.8, 4) is 0 Å². The van der Waals surface area contributed by atoms with E-state index in [1.807, 2.05) is 84.0 Å². The van der Waals surface area contributed by atoms with Crippen molar-refractivity contribution in [2.45, 2.75) is 123 Å². The average molecular weight is 764 g/mol. The van der Waals surface area contributed by atoms with Gasteiger partial charge in [-0.2, -0.15) is 11.8 Å². The maximum absolute atomic E-state index is 14.2. The Kier molecular flexibility index (Phi) is 19.6. The van der Waals surface area contributed by atoms with Crippen LogP contribution in [0.2, 0.25) is 0 Å². The van der Waals surface area contributed by atoms with Gasteiger partial charge in [0.2, 0.25) is 23.6 Å².